The van der Waals surface area contributed by atoms with E-state index < -0.39 is 6.10 Å². The summed E-state index contributed by atoms with van der Waals surface area (Å²) in [6.45, 7) is 6.31. The summed E-state index contributed by atoms with van der Waals surface area (Å²) < 4.78 is 16.8. The average molecular weight is 1130 g/mol. The highest BCUT2D eigenvalue weighted by molar-refractivity contribution is 5.71. The molecule has 0 spiro atoms. The second-order valence-electron chi connectivity index (χ2n) is 21.3. The Morgan fingerprint density at radius 1 is 0.256 bits per heavy atom. The fourth-order valence-electron chi connectivity index (χ4n) is 8.56. The van der Waals surface area contributed by atoms with Gasteiger partial charge in [0.2, 0.25) is 0 Å². The van der Waals surface area contributed by atoms with Gasteiger partial charge in [0.25, 0.3) is 0 Å². The zero-order valence-electron chi connectivity index (χ0n) is 52.7. The molecule has 0 saturated heterocycles. The Morgan fingerprint density at radius 3 is 0.817 bits per heavy atom. The zero-order valence-corrected chi connectivity index (χ0v) is 52.7. The molecule has 0 aliphatic carbocycles. The van der Waals surface area contributed by atoms with Crippen molar-refractivity contribution < 1.29 is 28.6 Å². The van der Waals surface area contributed by atoms with Crippen LogP contribution in [0.1, 0.15) is 271 Å². The Hall–Kier alpha value is -5.23. The van der Waals surface area contributed by atoms with Gasteiger partial charge in [0.05, 0.1) is 0 Å². The van der Waals surface area contributed by atoms with Crippen molar-refractivity contribution in [1.29, 1.82) is 0 Å². The Bertz CT molecular complexity index is 1870. The molecular weight excluding hydrogens is 1010 g/mol. The van der Waals surface area contributed by atoms with Gasteiger partial charge in [-0.05, 0) is 141 Å². The van der Waals surface area contributed by atoms with E-state index in [9.17, 15) is 14.4 Å². The Kier molecular flexibility index (Phi) is 63.9. The normalized spacial score (nSPS) is 13.3. The lowest BCUT2D eigenvalue weighted by atomic mass is 10.1. The van der Waals surface area contributed by atoms with Crippen molar-refractivity contribution in [2.45, 2.75) is 277 Å². The first-order valence-corrected chi connectivity index (χ1v) is 33.1. The molecule has 82 heavy (non-hydrogen) atoms. The van der Waals surface area contributed by atoms with Crippen LogP contribution in [-0.2, 0) is 28.6 Å². The first-order valence-electron chi connectivity index (χ1n) is 33.1. The fraction of sp³-hybridized carbons (Fsp3) is 0.592. The Balaban J connectivity index is 4.30. The molecule has 1 unspecified atom stereocenters. The molecule has 0 aliphatic rings. The Labute approximate surface area is 504 Å². The van der Waals surface area contributed by atoms with Crippen molar-refractivity contribution in [2.24, 2.45) is 0 Å². The molecular formula is C76H120O6. The highest BCUT2D eigenvalue weighted by Gasteiger charge is 2.19. The van der Waals surface area contributed by atoms with Crippen LogP contribution in [0, 0.1) is 0 Å². The molecule has 0 saturated carbocycles. The molecule has 0 aromatic heterocycles. The molecule has 0 aromatic carbocycles. The van der Waals surface area contributed by atoms with Crippen molar-refractivity contribution in [1.82, 2.24) is 0 Å². The zero-order chi connectivity index (χ0) is 59.2. The smallest absolute Gasteiger partial charge is 0.306 e. The van der Waals surface area contributed by atoms with Gasteiger partial charge in [-0.25, -0.2) is 0 Å². The number of rotatable bonds is 58. The van der Waals surface area contributed by atoms with E-state index in [4.69, 9.17) is 14.2 Å². The standard InChI is InChI=1S/C76H120O6/c1-4-7-10-13-16-19-22-25-27-29-30-31-32-33-34-35-36-37-38-39-40-41-42-43-44-45-46-47-49-51-54-57-60-63-66-69-75(78)81-72-73(71-80-74(77)68-65-62-59-56-53-50-24-21-18-15-12-9-6-3)82-76(79)70-67-64-61-58-55-52-48-28-26-23-20-17-14-11-8-5-2/h7,9-10,12,16,18-21,23,25,27-28,30-31,33-34,36-37,39-40,42-43,48,50,53,59,62,73H,4-6,8,11,13-15,17,22,24,26,29,32,35,38,41,44-47,49,51-52,54-58,60-61,63-72H2,1-3H3/b10-7-,12-9-,19-16-,21-18-,23-20-,27-25-,31-30-,34-33-,37-36-,40-39-,43-42-,48-28-,53-50-,62-59-. The number of unbranched alkanes of at least 4 members (excludes halogenated alkanes) is 19. The minimum Gasteiger partial charge on any atom is -0.462 e. The lowest BCUT2D eigenvalue weighted by Gasteiger charge is -2.18. The van der Waals surface area contributed by atoms with Crippen LogP contribution in [-0.4, -0.2) is 37.2 Å². The van der Waals surface area contributed by atoms with E-state index >= 15 is 0 Å². The SMILES string of the molecule is CC/C=C\C/C=C\C/C=C\C/C=C\C/C=C\C/C=C\C/C=C\C/C=C\CCCCCCCCCCCCC(=O)OCC(COC(=O)CC/C=C\C/C=C\C/C=C\C/C=C\CC)OC(=O)CCCCCCC/C=C\C/C=C\CCCCCC. The van der Waals surface area contributed by atoms with E-state index in [1.807, 2.05) is 12.2 Å². The van der Waals surface area contributed by atoms with Crippen LogP contribution >= 0.6 is 0 Å². The fourth-order valence-corrected chi connectivity index (χ4v) is 8.56. The maximum Gasteiger partial charge on any atom is 0.306 e. The van der Waals surface area contributed by atoms with Crippen molar-refractivity contribution in [3.63, 3.8) is 0 Å². The first-order chi connectivity index (χ1) is 40.5. The maximum atomic E-state index is 12.9. The monoisotopic (exact) mass is 1130 g/mol. The number of allylic oxidation sites excluding steroid dienone is 28. The molecule has 0 bridgehead atoms. The molecule has 0 fully saturated rings. The third kappa shape index (κ3) is 65.6. The molecule has 0 radical (unpaired) electrons. The van der Waals surface area contributed by atoms with E-state index in [1.165, 1.54) is 77.0 Å². The van der Waals surface area contributed by atoms with Gasteiger partial charge in [-0.15, -0.1) is 0 Å². The predicted molar refractivity (Wildman–Crippen MR) is 357 cm³/mol. The molecule has 0 rings (SSSR count). The molecule has 0 N–H and O–H groups in total. The number of ether oxygens (including phenoxy) is 3. The van der Waals surface area contributed by atoms with E-state index in [2.05, 4.69) is 179 Å². The summed E-state index contributed by atoms with van der Waals surface area (Å²) in [5.74, 6) is -1.02. The number of carbonyl (C=O) groups is 3. The molecule has 6 heteroatoms. The second-order valence-corrected chi connectivity index (χ2v) is 21.3. The van der Waals surface area contributed by atoms with Crippen LogP contribution < -0.4 is 0 Å². The largest absolute Gasteiger partial charge is 0.462 e. The van der Waals surface area contributed by atoms with Gasteiger partial charge in [0.15, 0.2) is 6.10 Å². The lowest BCUT2D eigenvalue weighted by Crippen LogP contribution is -2.30. The average Bonchev–Trinajstić information content (AvgIpc) is 3.47. The Morgan fingerprint density at radius 2 is 0.500 bits per heavy atom. The number of hydrogen-bond donors (Lipinski definition) is 0. The highest BCUT2D eigenvalue weighted by atomic mass is 16.6. The molecule has 460 valence electrons. The van der Waals surface area contributed by atoms with Crippen molar-refractivity contribution >= 4 is 17.9 Å². The third-order valence-corrected chi connectivity index (χ3v) is 13.4. The number of esters is 3. The van der Waals surface area contributed by atoms with Gasteiger partial charge < -0.3 is 14.2 Å². The van der Waals surface area contributed by atoms with Crippen molar-refractivity contribution in [3.8, 4) is 0 Å². The van der Waals surface area contributed by atoms with Gasteiger partial charge >= 0.3 is 17.9 Å². The summed E-state index contributed by atoms with van der Waals surface area (Å²) in [6, 6.07) is 0. The quantitative estimate of drug-likeness (QED) is 0.0261. The maximum absolute atomic E-state index is 12.9. The van der Waals surface area contributed by atoms with E-state index in [-0.39, 0.29) is 37.5 Å². The van der Waals surface area contributed by atoms with Gasteiger partial charge in [-0.3, -0.25) is 14.4 Å². The van der Waals surface area contributed by atoms with E-state index in [0.717, 1.165) is 148 Å². The summed E-state index contributed by atoms with van der Waals surface area (Å²) in [5.41, 5.74) is 0. The van der Waals surface area contributed by atoms with Crippen LogP contribution in [0.4, 0.5) is 0 Å². The molecule has 1 atom stereocenters. The minimum atomic E-state index is -0.824. The first kappa shape index (κ1) is 76.8. The molecule has 0 heterocycles. The third-order valence-electron chi connectivity index (χ3n) is 13.4. The second kappa shape index (κ2) is 68.3. The van der Waals surface area contributed by atoms with Crippen LogP contribution in [0.25, 0.3) is 0 Å². The lowest BCUT2D eigenvalue weighted by molar-refractivity contribution is -0.166. The summed E-state index contributed by atoms with van der Waals surface area (Å²) in [7, 11) is 0. The summed E-state index contributed by atoms with van der Waals surface area (Å²) >= 11 is 0. The topological polar surface area (TPSA) is 78.9 Å². The molecule has 6 nitrogen and oxygen atoms in total. The van der Waals surface area contributed by atoms with Crippen molar-refractivity contribution in [2.75, 3.05) is 13.2 Å². The van der Waals surface area contributed by atoms with Gasteiger partial charge in [-0.2, -0.15) is 0 Å². The minimum absolute atomic E-state index is 0.114. The highest BCUT2D eigenvalue weighted by Crippen LogP contribution is 2.14. The van der Waals surface area contributed by atoms with Gasteiger partial charge in [0, 0.05) is 19.3 Å². The molecule has 0 aromatic rings. The van der Waals surface area contributed by atoms with Crippen LogP contribution in [0.3, 0.4) is 0 Å². The van der Waals surface area contributed by atoms with Crippen molar-refractivity contribution in [3.05, 3.63) is 170 Å². The van der Waals surface area contributed by atoms with Gasteiger partial charge in [-0.1, -0.05) is 281 Å². The molecule has 0 aliphatic heterocycles. The van der Waals surface area contributed by atoms with E-state index in [1.54, 1.807) is 0 Å². The van der Waals surface area contributed by atoms with E-state index in [0.29, 0.717) is 19.3 Å². The molecule has 0 amide bonds. The summed E-state index contributed by atoms with van der Waals surface area (Å²) in [6.07, 6.45) is 101. The summed E-state index contributed by atoms with van der Waals surface area (Å²) in [4.78, 5) is 38.2. The number of hydrogen-bond acceptors (Lipinski definition) is 6. The van der Waals surface area contributed by atoms with Crippen LogP contribution in [0.5, 0.6) is 0 Å². The number of carbonyl (C=O) groups excluding carboxylic acids is 3. The summed E-state index contributed by atoms with van der Waals surface area (Å²) in [5, 5.41) is 0. The van der Waals surface area contributed by atoms with Crippen LogP contribution in [0.15, 0.2) is 170 Å². The van der Waals surface area contributed by atoms with Crippen LogP contribution in [0.2, 0.25) is 0 Å². The van der Waals surface area contributed by atoms with Gasteiger partial charge in [0.1, 0.15) is 13.2 Å². The predicted octanol–water partition coefficient (Wildman–Crippen LogP) is 23.0.